The minimum atomic E-state index is -0.516. The quantitative estimate of drug-likeness (QED) is 0.769. The molecule has 0 aliphatic rings. The molecule has 122 valence electrons. The molecule has 1 N–H and O–H groups in total. The van der Waals surface area contributed by atoms with Crippen LogP contribution in [0.1, 0.15) is 10.5 Å². The van der Waals surface area contributed by atoms with E-state index in [0.29, 0.717) is 11.4 Å². The highest BCUT2D eigenvalue weighted by Crippen LogP contribution is 2.21. The second-order valence-corrected chi connectivity index (χ2v) is 5.19. The lowest BCUT2D eigenvalue weighted by molar-refractivity contribution is 0.102. The van der Waals surface area contributed by atoms with Crippen LogP contribution in [0.25, 0.3) is 0 Å². The number of nitrogens with zero attached hydrogens (tertiary/aromatic N) is 3. The molecule has 6 nitrogen and oxygen atoms in total. The summed E-state index contributed by atoms with van der Waals surface area (Å²) in [6, 6.07) is 9.05. The van der Waals surface area contributed by atoms with Gasteiger partial charge in [-0.05, 0) is 30.3 Å². The summed E-state index contributed by atoms with van der Waals surface area (Å²) in [6.45, 7) is 0.0577. The van der Waals surface area contributed by atoms with E-state index < -0.39 is 5.82 Å². The van der Waals surface area contributed by atoms with Gasteiger partial charge in [0.15, 0.2) is 12.4 Å². The number of anilines is 1. The molecular formula is C16H12ClFN4O2. The third-order valence-electron chi connectivity index (χ3n) is 3.05. The summed E-state index contributed by atoms with van der Waals surface area (Å²) >= 11 is 5.68. The molecule has 2 aromatic heterocycles. The van der Waals surface area contributed by atoms with E-state index in [1.54, 1.807) is 30.6 Å². The number of rotatable bonds is 5. The van der Waals surface area contributed by atoms with Crippen molar-refractivity contribution in [3.05, 3.63) is 71.5 Å². The number of nitrogens with one attached hydrogen (secondary N) is 1. The van der Waals surface area contributed by atoms with Crippen molar-refractivity contribution in [2.24, 2.45) is 0 Å². The normalized spacial score (nSPS) is 10.4. The van der Waals surface area contributed by atoms with Crippen LogP contribution in [-0.4, -0.2) is 20.7 Å². The molecule has 8 heteroatoms. The van der Waals surface area contributed by atoms with Crippen LogP contribution in [0.5, 0.6) is 5.75 Å². The fourth-order valence-electron chi connectivity index (χ4n) is 1.89. The first kappa shape index (κ1) is 15.9. The van der Waals surface area contributed by atoms with Gasteiger partial charge in [-0.3, -0.25) is 9.78 Å². The van der Waals surface area contributed by atoms with E-state index in [1.165, 1.54) is 29.1 Å². The average molecular weight is 347 g/mol. The average Bonchev–Trinajstić information content (AvgIpc) is 3.06. The van der Waals surface area contributed by atoms with Crippen LogP contribution in [0.2, 0.25) is 5.02 Å². The standard InChI is InChI=1S/C16H12ClFN4O2/c17-13-8-12(3-4-14(13)18)24-10-22-7-5-15(21-22)16(23)20-11-2-1-6-19-9-11/h1-9H,10H2,(H,20,23). The Morgan fingerprint density at radius 3 is 2.96 bits per heavy atom. The Labute approximate surface area is 141 Å². The van der Waals surface area contributed by atoms with Crippen LogP contribution < -0.4 is 10.1 Å². The van der Waals surface area contributed by atoms with Crippen molar-refractivity contribution in [1.29, 1.82) is 0 Å². The molecule has 3 rings (SSSR count). The summed E-state index contributed by atoms with van der Waals surface area (Å²) in [4.78, 5) is 16.0. The van der Waals surface area contributed by atoms with E-state index in [-0.39, 0.29) is 23.4 Å². The van der Waals surface area contributed by atoms with Gasteiger partial charge in [0.25, 0.3) is 5.91 Å². The minimum Gasteiger partial charge on any atom is -0.471 e. The van der Waals surface area contributed by atoms with E-state index in [9.17, 15) is 9.18 Å². The number of halogens is 2. The van der Waals surface area contributed by atoms with Gasteiger partial charge in [-0.1, -0.05) is 11.6 Å². The monoisotopic (exact) mass is 346 g/mol. The predicted molar refractivity (Wildman–Crippen MR) is 86.5 cm³/mol. The van der Waals surface area contributed by atoms with Crippen molar-refractivity contribution >= 4 is 23.2 Å². The zero-order chi connectivity index (χ0) is 16.9. The highest BCUT2D eigenvalue weighted by Gasteiger charge is 2.10. The molecule has 0 saturated heterocycles. The SMILES string of the molecule is O=C(Nc1cccnc1)c1ccn(COc2ccc(F)c(Cl)c2)n1. The van der Waals surface area contributed by atoms with Crippen LogP contribution in [0.15, 0.2) is 55.0 Å². The first-order chi connectivity index (χ1) is 11.6. The lowest BCUT2D eigenvalue weighted by Gasteiger charge is -2.06. The summed E-state index contributed by atoms with van der Waals surface area (Å²) in [5.41, 5.74) is 0.814. The molecule has 1 aromatic carbocycles. The van der Waals surface area contributed by atoms with E-state index >= 15 is 0 Å². The van der Waals surface area contributed by atoms with E-state index in [1.807, 2.05) is 0 Å². The van der Waals surface area contributed by atoms with Gasteiger partial charge in [0.2, 0.25) is 0 Å². The summed E-state index contributed by atoms with van der Waals surface area (Å²) in [5, 5.41) is 6.77. The number of ether oxygens (including phenoxy) is 1. The third-order valence-corrected chi connectivity index (χ3v) is 3.34. The minimum absolute atomic E-state index is 0.0236. The van der Waals surface area contributed by atoms with Crippen molar-refractivity contribution in [2.45, 2.75) is 6.73 Å². The molecule has 0 aliphatic carbocycles. The fourth-order valence-corrected chi connectivity index (χ4v) is 2.06. The first-order valence-corrected chi connectivity index (χ1v) is 7.32. The van der Waals surface area contributed by atoms with Crippen molar-refractivity contribution in [2.75, 3.05) is 5.32 Å². The van der Waals surface area contributed by atoms with Crippen LogP contribution in [0.4, 0.5) is 10.1 Å². The second kappa shape index (κ2) is 7.10. The van der Waals surface area contributed by atoms with Crippen LogP contribution in [-0.2, 0) is 6.73 Å². The number of hydrogen-bond donors (Lipinski definition) is 1. The third kappa shape index (κ3) is 3.88. The maximum Gasteiger partial charge on any atom is 0.276 e. The van der Waals surface area contributed by atoms with E-state index in [0.717, 1.165) is 0 Å². The van der Waals surface area contributed by atoms with Crippen LogP contribution >= 0.6 is 11.6 Å². The molecule has 0 atom stereocenters. The van der Waals surface area contributed by atoms with Gasteiger partial charge in [0, 0.05) is 18.5 Å². The van der Waals surface area contributed by atoms with Gasteiger partial charge in [-0.2, -0.15) is 5.10 Å². The Balaban J connectivity index is 1.60. The van der Waals surface area contributed by atoms with E-state index in [4.69, 9.17) is 16.3 Å². The predicted octanol–water partition coefficient (Wildman–Crippen LogP) is 3.36. The smallest absolute Gasteiger partial charge is 0.276 e. The van der Waals surface area contributed by atoms with Gasteiger partial charge >= 0.3 is 0 Å². The molecule has 24 heavy (non-hydrogen) atoms. The number of amides is 1. The first-order valence-electron chi connectivity index (χ1n) is 6.94. The molecule has 0 radical (unpaired) electrons. The Morgan fingerprint density at radius 1 is 1.33 bits per heavy atom. The summed E-state index contributed by atoms with van der Waals surface area (Å²) in [5.74, 6) is -0.470. The van der Waals surface area contributed by atoms with E-state index in [2.05, 4.69) is 15.4 Å². The molecular weight excluding hydrogens is 335 g/mol. The highest BCUT2D eigenvalue weighted by atomic mass is 35.5. The lowest BCUT2D eigenvalue weighted by atomic mass is 10.3. The summed E-state index contributed by atoms with van der Waals surface area (Å²) in [6.07, 6.45) is 4.75. The van der Waals surface area contributed by atoms with Gasteiger partial charge in [-0.25, -0.2) is 9.07 Å². The van der Waals surface area contributed by atoms with Crippen LogP contribution in [0.3, 0.4) is 0 Å². The second-order valence-electron chi connectivity index (χ2n) is 4.79. The number of aromatic nitrogens is 3. The number of carbonyl (C=O) groups is 1. The van der Waals surface area contributed by atoms with Crippen LogP contribution in [0, 0.1) is 5.82 Å². The molecule has 3 aromatic rings. The molecule has 0 saturated carbocycles. The van der Waals surface area contributed by atoms with Gasteiger partial charge in [0.1, 0.15) is 11.6 Å². The van der Waals surface area contributed by atoms with Crippen molar-refractivity contribution < 1.29 is 13.9 Å². The maximum absolute atomic E-state index is 13.1. The molecule has 0 unspecified atom stereocenters. The van der Waals surface area contributed by atoms with Gasteiger partial charge < -0.3 is 10.1 Å². The Hall–Kier alpha value is -2.93. The largest absolute Gasteiger partial charge is 0.471 e. The van der Waals surface area contributed by atoms with Gasteiger partial charge in [-0.15, -0.1) is 0 Å². The summed E-state index contributed by atoms with van der Waals surface area (Å²) < 4.78 is 20.0. The Morgan fingerprint density at radius 2 is 2.21 bits per heavy atom. The topological polar surface area (TPSA) is 69.0 Å². The maximum atomic E-state index is 13.1. The molecule has 0 spiro atoms. The zero-order valence-electron chi connectivity index (χ0n) is 12.3. The van der Waals surface area contributed by atoms with Crippen molar-refractivity contribution in [3.8, 4) is 5.75 Å². The highest BCUT2D eigenvalue weighted by molar-refractivity contribution is 6.30. The number of carbonyl (C=O) groups excluding carboxylic acids is 1. The summed E-state index contributed by atoms with van der Waals surface area (Å²) in [7, 11) is 0. The fraction of sp³-hybridized carbons (Fsp3) is 0.0625. The number of hydrogen-bond acceptors (Lipinski definition) is 4. The molecule has 0 bridgehead atoms. The van der Waals surface area contributed by atoms with Gasteiger partial charge in [0.05, 0.1) is 16.9 Å². The Kier molecular flexibility index (Phi) is 4.72. The molecule has 1 amide bonds. The number of benzene rings is 1. The molecule has 0 fully saturated rings. The molecule has 0 aliphatic heterocycles. The zero-order valence-corrected chi connectivity index (χ0v) is 13.1. The lowest BCUT2D eigenvalue weighted by Crippen LogP contribution is -2.14. The van der Waals surface area contributed by atoms with Crippen molar-refractivity contribution in [3.63, 3.8) is 0 Å². The van der Waals surface area contributed by atoms with Crippen molar-refractivity contribution in [1.82, 2.24) is 14.8 Å². The Bertz CT molecular complexity index is 854. The number of pyridine rings is 1. The molecule has 2 heterocycles.